The maximum atomic E-state index is 6.31. The third kappa shape index (κ3) is 2.52. The molecule has 1 aliphatic carbocycles. The van der Waals surface area contributed by atoms with E-state index in [-0.39, 0.29) is 0 Å². The van der Waals surface area contributed by atoms with Gasteiger partial charge in [-0.15, -0.1) is 0 Å². The number of fused-ring (bicyclic) bond motifs is 1. The Hall–Kier alpha value is -0.990. The van der Waals surface area contributed by atoms with Crippen molar-refractivity contribution in [2.24, 2.45) is 0 Å². The van der Waals surface area contributed by atoms with Gasteiger partial charge in [0.1, 0.15) is 5.76 Å². The van der Waals surface area contributed by atoms with Crippen LogP contribution in [0, 0.1) is 6.92 Å². The molecule has 1 aromatic heterocycles. The van der Waals surface area contributed by atoms with Gasteiger partial charge in [-0.1, -0.05) is 25.4 Å². The van der Waals surface area contributed by atoms with Crippen LogP contribution in [0.5, 0.6) is 0 Å². The van der Waals surface area contributed by atoms with Crippen LogP contribution in [0.3, 0.4) is 0 Å². The first-order valence-electron chi connectivity index (χ1n) is 7.01. The Morgan fingerprint density at radius 2 is 2.11 bits per heavy atom. The van der Waals surface area contributed by atoms with Gasteiger partial charge >= 0.3 is 0 Å². The Morgan fingerprint density at radius 3 is 2.74 bits per heavy atom. The summed E-state index contributed by atoms with van der Waals surface area (Å²) in [7, 11) is 0. The summed E-state index contributed by atoms with van der Waals surface area (Å²) in [5.74, 6) is 1.49. The maximum Gasteiger partial charge on any atom is 0.153 e. The number of aryl methyl sites for hydroxylation is 1. The Morgan fingerprint density at radius 1 is 1.37 bits per heavy atom. The molecule has 0 atom stereocenters. The van der Waals surface area contributed by atoms with E-state index in [2.05, 4.69) is 32.2 Å². The van der Waals surface area contributed by atoms with Crippen molar-refractivity contribution >= 4 is 22.6 Å². The number of furan rings is 1. The van der Waals surface area contributed by atoms with Gasteiger partial charge < -0.3 is 9.73 Å². The second-order valence-corrected chi connectivity index (χ2v) is 6.28. The lowest BCUT2D eigenvalue weighted by Crippen LogP contribution is -2.15. The van der Waals surface area contributed by atoms with E-state index >= 15 is 0 Å². The van der Waals surface area contributed by atoms with Crippen molar-refractivity contribution in [3.63, 3.8) is 0 Å². The lowest BCUT2D eigenvalue weighted by Gasteiger charge is -2.07. The minimum atomic E-state index is 0.440. The molecule has 1 fully saturated rings. The molecule has 1 saturated carbocycles. The third-order valence-corrected chi connectivity index (χ3v) is 3.99. The zero-order valence-corrected chi connectivity index (χ0v) is 12.5. The summed E-state index contributed by atoms with van der Waals surface area (Å²) in [6.07, 6.45) is 2.58. The molecule has 0 spiro atoms. The van der Waals surface area contributed by atoms with E-state index in [1.54, 1.807) is 0 Å². The van der Waals surface area contributed by atoms with Crippen molar-refractivity contribution in [2.75, 3.05) is 0 Å². The monoisotopic (exact) mass is 277 g/mol. The number of hydrogen-bond acceptors (Lipinski definition) is 2. The average Bonchev–Trinajstić information content (AvgIpc) is 3.07. The molecule has 1 aliphatic rings. The largest absolute Gasteiger partial charge is 0.458 e. The molecule has 0 amide bonds. The first-order valence-corrected chi connectivity index (χ1v) is 7.39. The van der Waals surface area contributed by atoms with Crippen LogP contribution in [0.15, 0.2) is 16.5 Å². The molecule has 0 saturated heterocycles. The number of nitrogens with one attached hydrogen (secondary N) is 1. The SMILES string of the molecule is Cc1cc(Cl)c2oc(CNC3CC3)c(C(C)C)c2c1. The highest BCUT2D eigenvalue weighted by atomic mass is 35.5. The number of hydrogen-bond donors (Lipinski definition) is 1. The molecule has 1 heterocycles. The van der Waals surface area contributed by atoms with Gasteiger partial charge in [0.25, 0.3) is 0 Å². The van der Waals surface area contributed by atoms with E-state index in [1.165, 1.54) is 29.4 Å². The van der Waals surface area contributed by atoms with Crippen LogP contribution < -0.4 is 5.32 Å². The molecular formula is C16H20ClNO. The lowest BCUT2D eigenvalue weighted by atomic mass is 9.98. The van der Waals surface area contributed by atoms with Crippen molar-refractivity contribution in [2.45, 2.75) is 52.1 Å². The average molecular weight is 278 g/mol. The zero-order valence-electron chi connectivity index (χ0n) is 11.7. The molecule has 3 rings (SSSR count). The van der Waals surface area contributed by atoms with Crippen LogP contribution in [0.2, 0.25) is 5.02 Å². The Balaban J connectivity index is 2.08. The van der Waals surface area contributed by atoms with Gasteiger partial charge in [0.05, 0.1) is 11.6 Å². The first kappa shape index (κ1) is 13.0. The van der Waals surface area contributed by atoms with Crippen LogP contribution in [-0.2, 0) is 6.54 Å². The van der Waals surface area contributed by atoms with Crippen LogP contribution in [0.1, 0.15) is 49.5 Å². The molecule has 3 heteroatoms. The topological polar surface area (TPSA) is 25.2 Å². The highest BCUT2D eigenvalue weighted by molar-refractivity contribution is 6.35. The number of benzene rings is 1. The van der Waals surface area contributed by atoms with Crippen molar-refractivity contribution in [1.29, 1.82) is 0 Å². The van der Waals surface area contributed by atoms with Gasteiger partial charge in [-0.2, -0.15) is 0 Å². The molecule has 2 nitrogen and oxygen atoms in total. The van der Waals surface area contributed by atoms with Crippen molar-refractivity contribution in [3.8, 4) is 0 Å². The van der Waals surface area contributed by atoms with E-state index in [0.29, 0.717) is 12.0 Å². The Labute approximate surface area is 119 Å². The van der Waals surface area contributed by atoms with Crippen LogP contribution >= 0.6 is 11.6 Å². The molecule has 19 heavy (non-hydrogen) atoms. The highest BCUT2D eigenvalue weighted by Gasteiger charge is 2.23. The standard InChI is InChI=1S/C16H20ClNO/c1-9(2)15-12-6-10(3)7-13(17)16(12)19-14(15)8-18-11-4-5-11/h6-7,9,11,18H,4-5,8H2,1-3H3. The molecule has 1 aromatic carbocycles. The van der Waals surface area contributed by atoms with Gasteiger partial charge in [0.2, 0.25) is 0 Å². The minimum absolute atomic E-state index is 0.440. The summed E-state index contributed by atoms with van der Waals surface area (Å²) >= 11 is 6.31. The summed E-state index contributed by atoms with van der Waals surface area (Å²) in [5.41, 5.74) is 3.32. The number of halogens is 1. The molecule has 102 valence electrons. The predicted molar refractivity (Wildman–Crippen MR) is 79.9 cm³/mol. The summed E-state index contributed by atoms with van der Waals surface area (Å²) in [4.78, 5) is 0. The van der Waals surface area contributed by atoms with Gasteiger partial charge in [-0.25, -0.2) is 0 Å². The van der Waals surface area contributed by atoms with Gasteiger partial charge in [-0.05, 0) is 43.4 Å². The molecule has 0 unspecified atom stereocenters. The molecule has 0 aliphatic heterocycles. The van der Waals surface area contributed by atoms with Gasteiger partial charge in [-0.3, -0.25) is 0 Å². The van der Waals surface area contributed by atoms with E-state index in [1.807, 2.05) is 6.07 Å². The fraction of sp³-hybridized carbons (Fsp3) is 0.500. The summed E-state index contributed by atoms with van der Waals surface area (Å²) < 4.78 is 6.03. The molecule has 0 bridgehead atoms. The zero-order chi connectivity index (χ0) is 13.6. The smallest absolute Gasteiger partial charge is 0.153 e. The highest BCUT2D eigenvalue weighted by Crippen LogP contribution is 2.36. The van der Waals surface area contributed by atoms with Gasteiger partial charge in [0.15, 0.2) is 5.58 Å². The molecule has 0 radical (unpaired) electrons. The summed E-state index contributed by atoms with van der Waals surface area (Å²) in [5, 5.41) is 5.42. The maximum absolute atomic E-state index is 6.31. The van der Waals surface area contributed by atoms with Crippen molar-refractivity contribution < 1.29 is 4.42 Å². The van der Waals surface area contributed by atoms with Crippen LogP contribution in [0.25, 0.3) is 11.0 Å². The summed E-state index contributed by atoms with van der Waals surface area (Å²) in [6, 6.07) is 4.83. The van der Waals surface area contributed by atoms with E-state index < -0.39 is 0 Å². The second-order valence-electron chi connectivity index (χ2n) is 5.87. The van der Waals surface area contributed by atoms with E-state index in [0.717, 1.165) is 22.9 Å². The number of rotatable bonds is 4. The second kappa shape index (κ2) is 4.84. The predicted octanol–water partition coefficient (Wildman–Crippen LogP) is 4.77. The van der Waals surface area contributed by atoms with Crippen LogP contribution in [0.4, 0.5) is 0 Å². The van der Waals surface area contributed by atoms with Crippen LogP contribution in [-0.4, -0.2) is 6.04 Å². The normalized spacial score (nSPS) is 15.6. The van der Waals surface area contributed by atoms with Crippen molar-refractivity contribution in [3.05, 3.63) is 34.0 Å². The fourth-order valence-electron chi connectivity index (χ4n) is 2.65. The Bertz CT molecular complexity index is 611. The fourth-order valence-corrected chi connectivity index (χ4v) is 2.96. The minimum Gasteiger partial charge on any atom is -0.458 e. The lowest BCUT2D eigenvalue weighted by molar-refractivity contribution is 0.503. The van der Waals surface area contributed by atoms with Crippen molar-refractivity contribution in [1.82, 2.24) is 5.32 Å². The molecular weight excluding hydrogens is 258 g/mol. The van der Waals surface area contributed by atoms with E-state index in [4.69, 9.17) is 16.0 Å². The summed E-state index contributed by atoms with van der Waals surface area (Å²) in [6.45, 7) is 7.30. The third-order valence-electron chi connectivity index (χ3n) is 3.71. The Kier molecular flexibility index (Phi) is 3.32. The quantitative estimate of drug-likeness (QED) is 0.871. The molecule has 2 aromatic rings. The van der Waals surface area contributed by atoms with E-state index in [9.17, 15) is 0 Å². The molecule has 1 N–H and O–H groups in total. The van der Waals surface area contributed by atoms with Gasteiger partial charge in [0, 0.05) is 17.0 Å². The first-order chi connectivity index (χ1) is 9.06.